The number of nitrogens with one attached hydrogen (secondary N) is 1. The first kappa shape index (κ1) is 17.0. The maximum atomic E-state index is 14.4. The predicted octanol–water partition coefficient (Wildman–Crippen LogP) is 3.16. The number of nitrogen functional groups attached to an aromatic ring is 1. The maximum Gasteiger partial charge on any atom is 0.271 e. The lowest BCUT2D eigenvalue weighted by Gasteiger charge is -2.18. The molecular weight excluding hydrogens is 319 g/mol. The smallest absolute Gasteiger partial charge is 0.271 e. The highest BCUT2D eigenvalue weighted by molar-refractivity contribution is 6.01. The number of hydrogen-bond donors (Lipinski definition) is 2. The lowest BCUT2D eigenvalue weighted by Crippen LogP contribution is -2.20. The molecule has 0 spiro atoms. The average molecular weight is 340 g/mol. The second-order valence-corrected chi connectivity index (χ2v) is 6.12. The van der Waals surface area contributed by atoms with E-state index in [9.17, 15) is 9.18 Å². The quantitative estimate of drug-likeness (QED) is 0.510. The third-order valence-corrected chi connectivity index (χ3v) is 4.31. The van der Waals surface area contributed by atoms with Crippen molar-refractivity contribution in [3.8, 4) is 0 Å². The molecule has 2 aromatic carbocycles. The van der Waals surface area contributed by atoms with Crippen LogP contribution in [0.3, 0.4) is 0 Å². The van der Waals surface area contributed by atoms with Crippen molar-refractivity contribution < 1.29 is 9.18 Å². The monoisotopic (exact) mass is 340 g/mol. The molecule has 0 saturated carbocycles. The van der Waals surface area contributed by atoms with Crippen LogP contribution in [0.5, 0.6) is 0 Å². The van der Waals surface area contributed by atoms with E-state index in [2.05, 4.69) is 15.4 Å². The molecule has 5 nitrogen and oxygen atoms in total. The maximum absolute atomic E-state index is 14.4. The van der Waals surface area contributed by atoms with Gasteiger partial charge in [0.15, 0.2) is 0 Å². The van der Waals surface area contributed by atoms with E-state index in [1.165, 1.54) is 6.07 Å². The van der Waals surface area contributed by atoms with Gasteiger partial charge in [0.05, 0.1) is 11.4 Å². The van der Waals surface area contributed by atoms with Crippen LogP contribution < -0.4 is 16.1 Å². The number of amides is 1. The molecule has 6 heteroatoms. The van der Waals surface area contributed by atoms with E-state index in [0.29, 0.717) is 28.2 Å². The van der Waals surface area contributed by atoms with Crippen molar-refractivity contribution in [1.29, 1.82) is 0 Å². The largest absolute Gasteiger partial charge is 0.399 e. The van der Waals surface area contributed by atoms with Crippen molar-refractivity contribution in [2.75, 3.05) is 23.7 Å². The molecule has 0 aromatic heterocycles. The Morgan fingerprint density at radius 1 is 1.12 bits per heavy atom. The van der Waals surface area contributed by atoms with Crippen LogP contribution >= 0.6 is 0 Å². The molecule has 1 fully saturated rings. The van der Waals surface area contributed by atoms with Gasteiger partial charge < -0.3 is 10.6 Å². The summed E-state index contributed by atoms with van der Waals surface area (Å²) in [5.74, 6) is -0.604. The Hall–Kier alpha value is -2.89. The van der Waals surface area contributed by atoms with Crippen molar-refractivity contribution in [3.05, 3.63) is 59.4 Å². The van der Waals surface area contributed by atoms with Gasteiger partial charge in [0.2, 0.25) is 0 Å². The van der Waals surface area contributed by atoms with Crippen LogP contribution in [0.25, 0.3) is 0 Å². The van der Waals surface area contributed by atoms with Crippen molar-refractivity contribution in [2.45, 2.75) is 19.8 Å². The molecule has 25 heavy (non-hydrogen) atoms. The zero-order valence-corrected chi connectivity index (χ0v) is 14.1. The Morgan fingerprint density at radius 2 is 1.76 bits per heavy atom. The van der Waals surface area contributed by atoms with Crippen molar-refractivity contribution in [3.63, 3.8) is 0 Å². The third kappa shape index (κ3) is 3.96. The third-order valence-electron chi connectivity index (χ3n) is 4.31. The normalized spacial score (nSPS) is 14.6. The standard InChI is InChI=1S/C19H21FN4O/c1-13(22-23-19(25)14-4-7-16(21)8-5-14)15-6-9-18(17(20)12-15)24-10-2-3-11-24/h4-9,12H,2-3,10-11,21H2,1H3,(H,23,25)/b22-13-. The molecule has 3 rings (SSSR count). The Labute approximate surface area is 146 Å². The second kappa shape index (κ2) is 7.34. The summed E-state index contributed by atoms with van der Waals surface area (Å²) >= 11 is 0. The minimum atomic E-state index is -0.339. The fourth-order valence-electron chi connectivity index (χ4n) is 2.84. The van der Waals surface area contributed by atoms with Crippen molar-refractivity contribution >= 4 is 23.0 Å². The number of hydrazone groups is 1. The molecule has 0 radical (unpaired) electrons. The summed E-state index contributed by atoms with van der Waals surface area (Å²) < 4.78 is 14.4. The van der Waals surface area contributed by atoms with Gasteiger partial charge in [0.25, 0.3) is 5.91 Å². The van der Waals surface area contributed by atoms with Crippen molar-refractivity contribution in [2.24, 2.45) is 5.10 Å². The fraction of sp³-hybridized carbons (Fsp3) is 0.263. The van der Waals surface area contributed by atoms with Gasteiger partial charge in [-0.2, -0.15) is 5.10 Å². The van der Waals surface area contributed by atoms with E-state index < -0.39 is 0 Å². The summed E-state index contributed by atoms with van der Waals surface area (Å²) in [6.07, 6.45) is 2.19. The highest BCUT2D eigenvalue weighted by Crippen LogP contribution is 2.24. The average Bonchev–Trinajstić information content (AvgIpc) is 3.14. The van der Waals surface area contributed by atoms with E-state index in [1.54, 1.807) is 37.3 Å². The summed E-state index contributed by atoms with van der Waals surface area (Å²) in [6, 6.07) is 11.6. The van der Waals surface area contributed by atoms with Crippen LogP contribution in [0, 0.1) is 5.82 Å². The number of nitrogens with two attached hydrogens (primary N) is 1. The topological polar surface area (TPSA) is 70.7 Å². The Kier molecular flexibility index (Phi) is 4.97. The molecule has 3 N–H and O–H groups in total. The number of benzene rings is 2. The Morgan fingerprint density at radius 3 is 2.40 bits per heavy atom. The fourth-order valence-corrected chi connectivity index (χ4v) is 2.84. The SMILES string of the molecule is C/C(=N/NC(=O)c1ccc(N)cc1)c1ccc(N2CCCC2)c(F)c1. The van der Waals surface area contributed by atoms with Gasteiger partial charge >= 0.3 is 0 Å². The van der Waals surface area contributed by atoms with Gasteiger partial charge in [-0.1, -0.05) is 6.07 Å². The molecule has 1 amide bonds. The zero-order chi connectivity index (χ0) is 17.8. The van der Waals surface area contributed by atoms with Crippen LogP contribution in [0.2, 0.25) is 0 Å². The first-order valence-corrected chi connectivity index (χ1v) is 8.29. The molecule has 0 aliphatic carbocycles. The number of hydrogen-bond acceptors (Lipinski definition) is 4. The lowest BCUT2D eigenvalue weighted by molar-refractivity contribution is 0.0955. The van der Waals surface area contributed by atoms with Crippen LogP contribution in [-0.4, -0.2) is 24.7 Å². The van der Waals surface area contributed by atoms with Crippen LogP contribution in [0.1, 0.15) is 35.7 Å². The summed E-state index contributed by atoms with van der Waals surface area (Å²) in [5.41, 5.74) is 10.9. The molecule has 130 valence electrons. The molecule has 0 unspecified atom stereocenters. The van der Waals surface area contributed by atoms with Crippen LogP contribution in [0.15, 0.2) is 47.6 Å². The first-order chi connectivity index (χ1) is 12.0. The van der Waals surface area contributed by atoms with Gasteiger partial charge in [-0.05, 0) is 56.2 Å². The number of nitrogens with zero attached hydrogens (tertiary/aromatic N) is 2. The predicted molar refractivity (Wildman–Crippen MR) is 98.4 cm³/mol. The molecule has 1 aliphatic heterocycles. The van der Waals surface area contributed by atoms with Gasteiger partial charge in [-0.25, -0.2) is 9.82 Å². The number of carbonyl (C=O) groups excluding carboxylic acids is 1. The zero-order valence-electron chi connectivity index (χ0n) is 14.1. The van der Waals surface area contributed by atoms with E-state index in [-0.39, 0.29) is 11.7 Å². The molecule has 2 aromatic rings. The second-order valence-electron chi connectivity index (χ2n) is 6.12. The summed E-state index contributed by atoms with van der Waals surface area (Å²) in [5, 5.41) is 4.07. The highest BCUT2D eigenvalue weighted by Gasteiger charge is 2.16. The summed E-state index contributed by atoms with van der Waals surface area (Å²) in [4.78, 5) is 14.1. The Bertz CT molecular complexity index is 796. The van der Waals surface area contributed by atoms with Crippen LogP contribution in [-0.2, 0) is 0 Å². The first-order valence-electron chi connectivity index (χ1n) is 8.29. The van der Waals surface area contributed by atoms with Crippen LogP contribution in [0.4, 0.5) is 15.8 Å². The minimum Gasteiger partial charge on any atom is -0.399 e. The minimum absolute atomic E-state index is 0.265. The highest BCUT2D eigenvalue weighted by atomic mass is 19.1. The van der Waals surface area contributed by atoms with E-state index in [0.717, 1.165) is 25.9 Å². The van der Waals surface area contributed by atoms with Gasteiger partial charge in [0, 0.05) is 29.9 Å². The summed E-state index contributed by atoms with van der Waals surface area (Å²) in [6.45, 7) is 3.51. The van der Waals surface area contributed by atoms with E-state index in [1.807, 2.05) is 6.07 Å². The van der Waals surface area contributed by atoms with Crippen molar-refractivity contribution in [1.82, 2.24) is 5.43 Å². The van der Waals surface area contributed by atoms with Gasteiger partial charge in [-0.15, -0.1) is 0 Å². The summed E-state index contributed by atoms with van der Waals surface area (Å²) in [7, 11) is 0. The van der Waals surface area contributed by atoms with Gasteiger partial charge in [0.1, 0.15) is 5.82 Å². The molecule has 0 atom stereocenters. The van der Waals surface area contributed by atoms with E-state index >= 15 is 0 Å². The van der Waals surface area contributed by atoms with E-state index in [4.69, 9.17) is 5.73 Å². The molecule has 1 aliphatic rings. The molecule has 0 bridgehead atoms. The molecule has 1 saturated heterocycles. The number of rotatable bonds is 4. The Balaban J connectivity index is 1.70. The van der Waals surface area contributed by atoms with Gasteiger partial charge in [-0.3, -0.25) is 4.79 Å². The lowest BCUT2D eigenvalue weighted by atomic mass is 10.1. The number of anilines is 2. The number of carbonyl (C=O) groups is 1. The number of halogens is 1. The molecular formula is C19H21FN4O. The molecule has 1 heterocycles.